The molecule has 1 unspecified atom stereocenters. The fourth-order valence-corrected chi connectivity index (χ4v) is 4.47. The van der Waals surface area contributed by atoms with Gasteiger partial charge in [-0.3, -0.25) is 4.79 Å². The van der Waals surface area contributed by atoms with Crippen molar-refractivity contribution < 1.29 is 31.5 Å². The van der Waals surface area contributed by atoms with Crippen molar-refractivity contribution in [1.82, 2.24) is 5.32 Å². The maximum atomic E-state index is 14.1. The first-order chi connectivity index (χ1) is 17.9. The number of hydrogen-bond acceptors (Lipinski definition) is 2. The summed E-state index contributed by atoms with van der Waals surface area (Å²) < 4.78 is 74.0. The van der Waals surface area contributed by atoms with E-state index in [1.165, 1.54) is 12.1 Å². The lowest BCUT2D eigenvalue weighted by Gasteiger charge is -2.23. The molecule has 0 aliphatic rings. The molecule has 0 spiro atoms. The second-order valence-electron chi connectivity index (χ2n) is 9.98. The number of hydrogen-bond donors (Lipinski definition) is 1. The molecule has 3 aromatic rings. The molecular weight excluding hydrogens is 501 g/mol. The Morgan fingerprint density at radius 3 is 2.00 bits per heavy atom. The van der Waals surface area contributed by atoms with Crippen LogP contribution in [-0.2, 0) is 13.0 Å². The zero-order valence-electron chi connectivity index (χ0n) is 22.2. The molecule has 1 amide bonds. The first-order valence-electron chi connectivity index (χ1n) is 12.6. The van der Waals surface area contributed by atoms with E-state index in [0.717, 1.165) is 28.7 Å². The van der Waals surface area contributed by atoms with Crippen LogP contribution in [0.4, 0.5) is 22.0 Å². The third-order valence-electron chi connectivity index (χ3n) is 6.19. The highest BCUT2D eigenvalue weighted by Gasteiger charge is 2.26. The maximum Gasteiger partial charge on any atom is 0.252 e. The fourth-order valence-electron chi connectivity index (χ4n) is 4.47. The summed E-state index contributed by atoms with van der Waals surface area (Å²) in [6.45, 7) is 9.19. The van der Waals surface area contributed by atoms with Gasteiger partial charge in [-0.25, -0.2) is 22.0 Å². The molecule has 0 fully saturated rings. The van der Waals surface area contributed by atoms with Gasteiger partial charge in [0.1, 0.15) is 12.4 Å². The van der Waals surface area contributed by atoms with Crippen LogP contribution in [0.3, 0.4) is 0 Å². The molecule has 0 saturated heterocycles. The molecule has 0 aliphatic carbocycles. The van der Waals surface area contributed by atoms with Crippen molar-refractivity contribution in [3.05, 3.63) is 98.9 Å². The molecule has 1 N–H and O–H groups in total. The smallest absolute Gasteiger partial charge is 0.252 e. The Kier molecular flexibility index (Phi) is 9.52. The summed E-state index contributed by atoms with van der Waals surface area (Å²) >= 11 is 0. The number of aryl methyl sites for hydroxylation is 3. The van der Waals surface area contributed by atoms with Gasteiger partial charge in [-0.05, 0) is 55.9 Å². The van der Waals surface area contributed by atoms with Crippen molar-refractivity contribution in [2.75, 3.05) is 0 Å². The quantitative estimate of drug-likeness (QED) is 0.163. The molecule has 0 saturated carbocycles. The lowest BCUT2D eigenvalue weighted by molar-refractivity contribution is 0.0930. The van der Waals surface area contributed by atoms with E-state index in [-0.39, 0.29) is 17.7 Å². The van der Waals surface area contributed by atoms with Crippen molar-refractivity contribution in [3.63, 3.8) is 0 Å². The molecule has 3 rings (SSSR count). The van der Waals surface area contributed by atoms with Gasteiger partial charge in [-0.15, -0.1) is 0 Å². The van der Waals surface area contributed by atoms with Gasteiger partial charge >= 0.3 is 0 Å². The molecule has 8 heteroatoms. The van der Waals surface area contributed by atoms with Gasteiger partial charge in [0.2, 0.25) is 5.82 Å². The maximum absolute atomic E-state index is 14.1. The molecule has 3 aromatic carbocycles. The van der Waals surface area contributed by atoms with E-state index in [1.807, 2.05) is 32.9 Å². The van der Waals surface area contributed by atoms with Crippen LogP contribution < -0.4 is 10.1 Å². The first kappa shape index (κ1) is 29.1. The van der Waals surface area contributed by atoms with Crippen LogP contribution in [0.2, 0.25) is 0 Å². The van der Waals surface area contributed by atoms with Crippen molar-refractivity contribution in [2.45, 2.75) is 66.5 Å². The summed E-state index contributed by atoms with van der Waals surface area (Å²) in [4.78, 5) is 13.5. The van der Waals surface area contributed by atoms with Gasteiger partial charge in [-0.1, -0.05) is 62.6 Å². The SMILES string of the molecule is CCCc1ccc(OCc2c(F)c(F)c(F)c(F)c2F)cc1C(=O)NC(CC(C)C)c1cc(C)cc(C)c1. The largest absolute Gasteiger partial charge is 0.489 e. The molecule has 204 valence electrons. The van der Waals surface area contributed by atoms with E-state index in [1.54, 1.807) is 6.07 Å². The predicted octanol–water partition coefficient (Wildman–Crippen LogP) is 8.05. The van der Waals surface area contributed by atoms with Crippen LogP contribution in [0.15, 0.2) is 36.4 Å². The minimum atomic E-state index is -2.23. The van der Waals surface area contributed by atoms with Crippen LogP contribution in [0.1, 0.15) is 77.8 Å². The normalized spacial score (nSPS) is 12.1. The van der Waals surface area contributed by atoms with Gasteiger partial charge in [0.25, 0.3) is 5.91 Å². The van der Waals surface area contributed by atoms with Gasteiger partial charge in [0.15, 0.2) is 23.3 Å². The highest BCUT2D eigenvalue weighted by molar-refractivity contribution is 5.96. The summed E-state index contributed by atoms with van der Waals surface area (Å²) in [6.07, 6.45) is 2.06. The zero-order valence-corrected chi connectivity index (χ0v) is 22.2. The monoisotopic (exact) mass is 533 g/mol. The summed E-state index contributed by atoms with van der Waals surface area (Å²) in [7, 11) is 0. The Bertz CT molecular complexity index is 1270. The topological polar surface area (TPSA) is 38.3 Å². The molecule has 0 aliphatic heterocycles. The minimum Gasteiger partial charge on any atom is -0.489 e. The van der Waals surface area contributed by atoms with Crippen LogP contribution in [0.25, 0.3) is 0 Å². The number of ether oxygens (including phenoxy) is 1. The molecule has 1 atom stereocenters. The second-order valence-corrected chi connectivity index (χ2v) is 9.98. The van der Waals surface area contributed by atoms with E-state index in [0.29, 0.717) is 24.3 Å². The standard InChI is InChI=1S/C30H32F5NO2/c1-6-7-19-8-9-21(38-15-23-25(31)27(33)29(35)28(34)26(23)32)14-22(19)30(37)36-24(10-16(2)3)20-12-17(4)11-18(5)13-20/h8-9,11-14,16,24H,6-7,10,15H2,1-5H3,(H,36,37). The summed E-state index contributed by atoms with van der Waals surface area (Å²) in [5, 5.41) is 3.12. The number of amides is 1. The summed E-state index contributed by atoms with van der Waals surface area (Å²) in [6, 6.07) is 10.5. The average molecular weight is 534 g/mol. The van der Waals surface area contributed by atoms with Crippen LogP contribution in [0, 0.1) is 48.9 Å². The van der Waals surface area contributed by atoms with Crippen LogP contribution >= 0.6 is 0 Å². The van der Waals surface area contributed by atoms with Crippen LogP contribution in [-0.4, -0.2) is 5.91 Å². The molecule has 0 aromatic heterocycles. The third kappa shape index (κ3) is 6.71. The Morgan fingerprint density at radius 2 is 1.45 bits per heavy atom. The fraction of sp³-hybridized carbons (Fsp3) is 0.367. The second kappa shape index (κ2) is 12.4. The van der Waals surface area contributed by atoms with Gasteiger partial charge in [0.05, 0.1) is 11.6 Å². The van der Waals surface area contributed by atoms with E-state index < -0.39 is 41.3 Å². The van der Waals surface area contributed by atoms with Gasteiger partial charge < -0.3 is 10.1 Å². The number of rotatable bonds is 10. The number of carbonyl (C=O) groups excluding carboxylic acids is 1. The molecule has 0 heterocycles. The lowest BCUT2D eigenvalue weighted by Crippen LogP contribution is -2.30. The Morgan fingerprint density at radius 1 is 0.868 bits per heavy atom. The summed E-state index contributed by atoms with van der Waals surface area (Å²) in [5.41, 5.74) is 3.13. The highest BCUT2D eigenvalue weighted by Crippen LogP contribution is 2.28. The molecule has 3 nitrogen and oxygen atoms in total. The molecule has 0 bridgehead atoms. The number of carbonyl (C=O) groups is 1. The molecule has 0 radical (unpaired) electrons. The highest BCUT2D eigenvalue weighted by atomic mass is 19.2. The number of benzene rings is 3. The van der Waals surface area contributed by atoms with Crippen molar-refractivity contribution in [1.29, 1.82) is 0 Å². The molecular formula is C30H32F5NO2. The minimum absolute atomic E-state index is 0.0609. The Balaban J connectivity index is 1.91. The van der Waals surface area contributed by atoms with Gasteiger partial charge in [0, 0.05) is 5.56 Å². The van der Waals surface area contributed by atoms with Crippen molar-refractivity contribution in [3.8, 4) is 5.75 Å². The molecule has 38 heavy (non-hydrogen) atoms. The Labute approximate surface area is 220 Å². The lowest BCUT2D eigenvalue weighted by atomic mass is 9.93. The van der Waals surface area contributed by atoms with E-state index in [4.69, 9.17) is 4.74 Å². The van der Waals surface area contributed by atoms with E-state index in [2.05, 4.69) is 25.2 Å². The van der Waals surface area contributed by atoms with Crippen molar-refractivity contribution in [2.24, 2.45) is 5.92 Å². The first-order valence-corrected chi connectivity index (χ1v) is 12.6. The van der Waals surface area contributed by atoms with Crippen molar-refractivity contribution >= 4 is 5.91 Å². The average Bonchev–Trinajstić information content (AvgIpc) is 2.85. The zero-order chi connectivity index (χ0) is 28.1. The van der Waals surface area contributed by atoms with Crippen LogP contribution in [0.5, 0.6) is 5.75 Å². The van der Waals surface area contributed by atoms with E-state index >= 15 is 0 Å². The number of nitrogens with one attached hydrogen (secondary N) is 1. The number of halogens is 5. The van der Waals surface area contributed by atoms with E-state index in [9.17, 15) is 26.7 Å². The van der Waals surface area contributed by atoms with Gasteiger partial charge in [-0.2, -0.15) is 0 Å². The summed E-state index contributed by atoms with van der Waals surface area (Å²) in [5.74, 6) is -10.2. The Hall–Kier alpha value is -3.42. The third-order valence-corrected chi connectivity index (χ3v) is 6.19. The predicted molar refractivity (Wildman–Crippen MR) is 137 cm³/mol.